The number of ether oxygens (including phenoxy) is 2. The molecule has 36 heavy (non-hydrogen) atoms. The third-order valence-corrected chi connectivity index (χ3v) is 6.78. The molecule has 4 aromatic rings. The maximum atomic E-state index is 11.8. The molecule has 0 saturated heterocycles. The van der Waals surface area contributed by atoms with Gasteiger partial charge in [-0.1, -0.05) is 24.3 Å². The van der Waals surface area contributed by atoms with Crippen molar-refractivity contribution in [3.05, 3.63) is 84.9 Å². The molecule has 0 aromatic heterocycles. The van der Waals surface area contributed by atoms with Crippen LogP contribution in [0.25, 0.3) is 11.1 Å². The zero-order valence-corrected chi connectivity index (χ0v) is 20.0. The lowest BCUT2D eigenvalue weighted by atomic mass is 10.0. The van der Waals surface area contributed by atoms with Crippen LogP contribution in [0.1, 0.15) is 0 Å². The van der Waals surface area contributed by atoms with Crippen LogP contribution in [0, 0.1) is 0 Å². The molecule has 0 amide bonds. The summed E-state index contributed by atoms with van der Waals surface area (Å²) >= 11 is 0. The SMILES string of the molecule is Nc1ccc(-c2ccc(N)cc2Oc2ccccc2S(=O)(=O)O)c(Oc2ccccc2S(=O)(=O)O)c1. The highest BCUT2D eigenvalue weighted by Gasteiger charge is 2.21. The van der Waals surface area contributed by atoms with Crippen LogP contribution in [0.2, 0.25) is 0 Å². The predicted molar refractivity (Wildman–Crippen MR) is 133 cm³/mol. The minimum atomic E-state index is -4.59. The zero-order chi connectivity index (χ0) is 26.1. The largest absolute Gasteiger partial charge is 0.455 e. The number of anilines is 2. The smallest absolute Gasteiger partial charge is 0.298 e. The van der Waals surface area contributed by atoms with Crippen molar-refractivity contribution in [2.24, 2.45) is 0 Å². The van der Waals surface area contributed by atoms with Crippen LogP contribution in [0.15, 0.2) is 94.7 Å². The molecule has 10 nitrogen and oxygen atoms in total. The molecule has 6 N–H and O–H groups in total. The van der Waals surface area contributed by atoms with Gasteiger partial charge in [0, 0.05) is 34.6 Å². The molecular weight excluding hydrogens is 508 g/mol. The Morgan fingerprint density at radius 2 is 0.889 bits per heavy atom. The van der Waals surface area contributed by atoms with Crippen molar-refractivity contribution >= 4 is 31.6 Å². The van der Waals surface area contributed by atoms with Crippen molar-refractivity contribution in [2.75, 3.05) is 11.5 Å². The number of hydrogen-bond acceptors (Lipinski definition) is 8. The van der Waals surface area contributed by atoms with Gasteiger partial charge in [-0.15, -0.1) is 0 Å². The summed E-state index contributed by atoms with van der Waals surface area (Å²) in [5.41, 5.74) is 13.3. The Hall–Kier alpha value is -4.10. The first-order valence-corrected chi connectivity index (χ1v) is 13.1. The summed E-state index contributed by atoms with van der Waals surface area (Å²) in [5, 5.41) is 0. The average molecular weight is 529 g/mol. The molecule has 0 heterocycles. The van der Waals surface area contributed by atoms with Gasteiger partial charge in [0.1, 0.15) is 32.8 Å². The number of hydrogen-bond donors (Lipinski definition) is 4. The molecule has 0 saturated carbocycles. The van der Waals surface area contributed by atoms with Crippen molar-refractivity contribution in [1.82, 2.24) is 0 Å². The Bertz CT molecular complexity index is 1540. The lowest BCUT2D eigenvalue weighted by Crippen LogP contribution is -2.02. The second-order valence-corrected chi connectivity index (χ2v) is 10.3. The van der Waals surface area contributed by atoms with Crippen LogP contribution < -0.4 is 20.9 Å². The van der Waals surface area contributed by atoms with E-state index < -0.39 is 30.0 Å². The highest BCUT2D eigenvalue weighted by Crippen LogP contribution is 2.43. The fraction of sp³-hybridized carbons (Fsp3) is 0. The summed E-state index contributed by atoms with van der Waals surface area (Å²) in [6.45, 7) is 0. The van der Waals surface area contributed by atoms with E-state index in [9.17, 15) is 25.9 Å². The number of rotatable bonds is 7. The number of nitrogens with two attached hydrogens (primary N) is 2. The monoisotopic (exact) mass is 528 g/mol. The maximum Gasteiger partial charge on any atom is 0.298 e. The third-order valence-electron chi connectivity index (χ3n) is 5.00. The highest BCUT2D eigenvalue weighted by molar-refractivity contribution is 7.86. The van der Waals surface area contributed by atoms with Crippen molar-refractivity contribution < 1.29 is 35.4 Å². The lowest BCUT2D eigenvalue weighted by Gasteiger charge is -2.18. The Kier molecular flexibility index (Phi) is 6.61. The van der Waals surface area contributed by atoms with E-state index in [0.29, 0.717) is 22.5 Å². The molecule has 12 heteroatoms. The van der Waals surface area contributed by atoms with Gasteiger partial charge in [0.2, 0.25) is 0 Å². The lowest BCUT2D eigenvalue weighted by molar-refractivity contribution is 0.445. The Labute approximate surface area is 207 Å². The Morgan fingerprint density at radius 3 is 1.25 bits per heavy atom. The van der Waals surface area contributed by atoms with E-state index in [1.54, 1.807) is 24.3 Å². The van der Waals surface area contributed by atoms with Crippen LogP contribution in [0.3, 0.4) is 0 Å². The molecule has 0 unspecified atom stereocenters. The summed E-state index contributed by atoms with van der Waals surface area (Å²) in [7, 11) is -9.18. The van der Waals surface area contributed by atoms with E-state index in [1.165, 1.54) is 60.7 Å². The standard InChI is InChI=1S/C24H20N2O8S2/c25-15-9-11-17(21(13-15)33-19-5-1-3-7-23(19)35(27,28)29)18-12-10-16(26)14-22(18)34-20-6-2-4-8-24(20)36(30,31)32/h1-14H,25-26H2,(H,27,28,29)(H,30,31,32). The molecule has 0 aliphatic heterocycles. The van der Waals surface area contributed by atoms with Crippen molar-refractivity contribution in [2.45, 2.75) is 9.79 Å². The van der Waals surface area contributed by atoms with E-state index in [1.807, 2.05) is 0 Å². The predicted octanol–water partition coefficient (Wildman–Crippen LogP) is 4.60. The first-order chi connectivity index (χ1) is 16.9. The fourth-order valence-corrected chi connectivity index (χ4v) is 4.65. The molecule has 186 valence electrons. The van der Waals surface area contributed by atoms with Gasteiger partial charge in [-0.25, -0.2) is 0 Å². The van der Waals surface area contributed by atoms with Crippen molar-refractivity contribution in [3.63, 3.8) is 0 Å². The van der Waals surface area contributed by atoms with Crippen LogP contribution in [-0.4, -0.2) is 25.9 Å². The van der Waals surface area contributed by atoms with Gasteiger partial charge in [0.25, 0.3) is 20.2 Å². The number of para-hydroxylation sites is 2. The molecule has 0 aliphatic rings. The normalized spacial score (nSPS) is 11.7. The number of nitrogen functional groups attached to an aromatic ring is 2. The number of benzene rings is 4. The molecule has 0 atom stereocenters. The summed E-state index contributed by atoms with van der Waals surface area (Å²) in [5.74, 6) is -0.0736. The molecule has 0 bridgehead atoms. The van der Waals surface area contributed by atoms with Crippen LogP contribution in [-0.2, 0) is 20.2 Å². The minimum absolute atomic E-state index is 0.115. The van der Waals surface area contributed by atoms with Gasteiger partial charge in [-0.3, -0.25) is 9.11 Å². The van der Waals surface area contributed by atoms with Gasteiger partial charge < -0.3 is 20.9 Å². The quantitative estimate of drug-likeness (QED) is 0.196. The van der Waals surface area contributed by atoms with E-state index in [2.05, 4.69) is 0 Å². The molecule has 0 spiro atoms. The Morgan fingerprint density at radius 1 is 0.528 bits per heavy atom. The molecule has 4 rings (SSSR count). The van der Waals surface area contributed by atoms with E-state index in [4.69, 9.17) is 20.9 Å². The second kappa shape index (κ2) is 9.51. The zero-order valence-electron chi connectivity index (χ0n) is 18.4. The highest BCUT2D eigenvalue weighted by atomic mass is 32.2. The minimum Gasteiger partial charge on any atom is -0.455 e. The molecule has 0 aliphatic carbocycles. The van der Waals surface area contributed by atoms with E-state index >= 15 is 0 Å². The first kappa shape index (κ1) is 25.0. The van der Waals surface area contributed by atoms with E-state index in [-0.39, 0.29) is 23.0 Å². The summed E-state index contributed by atoms with van der Waals surface area (Å²) in [6.07, 6.45) is 0. The van der Waals surface area contributed by atoms with Crippen molar-refractivity contribution in [3.8, 4) is 34.1 Å². The van der Waals surface area contributed by atoms with Crippen LogP contribution >= 0.6 is 0 Å². The van der Waals surface area contributed by atoms with Crippen molar-refractivity contribution in [1.29, 1.82) is 0 Å². The molecular formula is C24H20N2O8S2. The first-order valence-electron chi connectivity index (χ1n) is 10.2. The molecule has 0 fully saturated rings. The summed E-state index contributed by atoms with van der Waals surface area (Å²) in [4.78, 5) is -0.900. The third kappa shape index (κ3) is 5.42. The van der Waals surface area contributed by atoms with Gasteiger partial charge in [0.05, 0.1) is 0 Å². The topological polar surface area (TPSA) is 179 Å². The van der Waals surface area contributed by atoms with Gasteiger partial charge in [0.15, 0.2) is 0 Å². The Balaban J connectivity index is 1.86. The fourth-order valence-electron chi connectivity index (χ4n) is 3.42. The summed E-state index contributed by atoms with van der Waals surface area (Å²) < 4.78 is 78.2. The second-order valence-electron chi connectivity index (χ2n) is 7.56. The van der Waals surface area contributed by atoms with E-state index in [0.717, 1.165) is 0 Å². The van der Waals surface area contributed by atoms with Gasteiger partial charge in [-0.2, -0.15) is 16.8 Å². The molecule has 4 aromatic carbocycles. The van der Waals surface area contributed by atoms with Gasteiger partial charge >= 0.3 is 0 Å². The van der Waals surface area contributed by atoms with Crippen LogP contribution in [0.5, 0.6) is 23.0 Å². The molecule has 0 radical (unpaired) electrons. The maximum absolute atomic E-state index is 11.8. The summed E-state index contributed by atoms with van der Waals surface area (Å²) in [6, 6.07) is 20.2. The van der Waals surface area contributed by atoms with Crippen LogP contribution in [0.4, 0.5) is 11.4 Å². The average Bonchev–Trinajstić information content (AvgIpc) is 2.79. The van der Waals surface area contributed by atoms with Gasteiger partial charge in [-0.05, 0) is 48.5 Å².